The van der Waals surface area contributed by atoms with E-state index in [-0.39, 0.29) is 46.0 Å². The van der Waals surface area contributed by atoms with Crippen LogP contribution in [0.25, 0.3) is 0 Å². The van der Waals surface area contributed by atoms with Gasteiger partial charge in [0.05, 0.1) is 12.5 Å². The summed E-state index contributed by atoms with van der Waals surface area (Å²) in [7, 11) is 0. The number of rotatable bonds is 2. The number of fused-ring (bicyclic) bond motifs is 9. The summed E-state index contributed by atoms with van der Waals surface area (Å²) in [5.41, 5.74) is 0.804. The number of allylic oxidation sites excluding steroid dienone is 1. The molecule has 0 amide bonds. The summed E-state index contributed by atoms with van der Waals surface area (Å²) in [6.07, 6.45) is 8.61. The number of ether oxygens (including phenoxy) is 2. The number of ketones is 1. The van der Waals surface area contributed by atoms with Crippen molar-refractivity contribution in [2.75, 3.05) is 6.61 Å². The fourth-order valence-electron chi connectivity index (χ4n) is 9.40. The number of esters is 2. The fraction of sp³-hybridized carbons (Fsp3) is 0.808. The summed E-state index contributed by atoms with van der Waals surface area (Å²) in [4.78, 5) is 37.8. The third-order valence-electron chi connectivity index (χ3n) is 10.7. The SMILES string of the molecule is CCOC(=O)[C@@H]1CC2=CC(=O)CC[C@]2(C)C2CC[C@@]3(C)C(C21)[C@@H]1C[C@@H]1[C@]31CCC(=O)O1. The fourth-order valence-corrected chi connectivity index (χ4v) is 9.40. The number of carbonyl (C=O) groups is 3. The van der Waals surface area contributed by atoms with Gasteiger partial charge in [-0.3, -0.25) is 14.4 Å². The van der Waals surface area contributed by atoms with Gasteiger partial charge in [0, 0.05) is 24.2 Å². The lowest BCUT2D eigenvalue weighted by Crippen LogP contribution is -2.59. The Labute approximate surface area is 184 Å². The largest absolute Gasteiger partial charge is 0.466 e. The summed E-state index contributed by atoms with van der Waals surface area (Å²) in [6.45, 7) is 6.96. The van der Waals surface area contributed by atoms with Crippen LogP contribution in [0.2, 0.25) is 0 Å². The van der Waals surface area contributed by atoms with Crippen molar-refractivity contribution in [2.45, 2.75) is 77.7 Å². The predicted octanol–water partition coefficient (Wildman–Crippen LogP) is 4.24. The molecule has 5 fully saturated rings. The summed E-state index contributed by atoms with van der Waals surface area (Å²) in [6, 6.07) is 0. The summed E-state index contributed by atoms with van der Waals surface area (Å²) < 4.78 is 11.8. The van der Waals surface area contributed by atoms with Crippen LogP contribution in [0.5, 0.6) is 0 Å². The van der Waals surface area contributed by atoms with Gasteiger partial charge in [0.2, 0.25) is 0 Å². The minimum atomic E-state index is -0.316. The summed E-state index contributed by atoms with van der Waals surface area (Å²) in [5, 5.41) is 0. The van der Waals surface area contributed by atoms with Gasteiger partial charge in [-0.05, 0) is 80.6 Å². The van der Waals surface area contributed by atoms with E-state index in [2.05, 4.69) is 13.8 Å². The zero-order valence-electron chi connectivity index (χ0n) is 18.9. The zero-order valence-corrected chi connectivity index (χ0v) is 18.9. The number of hydrogen-bond donors (Lipinski definition) is 0. The maximum atomic E-state index is 13.3. The Morgan fingerprint density at radius 2 is 1.97 bits per heavy atom. The van der Waals surface area contributed by atoms with Crippen molar-refractivity contribution in [1.29, 1.82) is 0 Å². The average molecular weight is 427 g/mol. The Balaban J connectivity index is 1.45. The van der Waals surface area contributed by atoms with E-state index in [9.17, 15) is 14.4 Å². The maximum Gasteiger partial charge on any atom is 0.309 e. The quantitative estimate of drug-likeness (QED) is 0.618. The lowest BCUT2D eigenvalue weighted by molar-refractivity contribution is -0.186. The smallest absolute Gasteiger partial charge is 0.309 e. The average Bonchev–Trinajstić information content (AvgIpc) is 3.36. The highest BCUT2D eigenvalue weighted by molar-refractivity contribution is 5.92. The van der Waals surface area contributed by atoms with Crippen molar-refractivity contribution in [3.63, 3.8) is 0 Å². The summed E-state index contributed by atoms with van der Waals surface area (Å²) in [5.74, 6) is 1.94. The van der Waals surface area contributed by atoms with Crippen LogP contribution in [-0.2, 0) is 23.9 Å². The molecule has 0 aromatic rings. The minimum absolute atomic E-state index is 0.00457. The van der Waals surface area contributed by atoms with E-state index in [1.807, 2.05) is 13.0 Å². The van der Waals surface area contributed by atoms with Gasteiger partial charge < -0.3 is 9.47 Å². The highest BCUT2D eigenvalue weighted by Crippen LogP contribution is 2.79. The zero-order chi connectivity index (χ0) is 21.8. The van der Waals surface area contributed by atoms with Gasteiger partial charge in [-0.15, -0.1) is 0 Å². The second kappa shape index (κ2) is 6.23. The van der Waals surface area contributed by atoms with Crippen LogP contribution in [0.1, 0.15) is 72.1 Å². The van der Waals surface area contributed by atoms with E-state index in [0.717, 1.165) is 32.1 Å². The second-order valence-electron chi connectivity index (χ2n) is 11.7. The molecule has 5 heteroatoms. The topological polar surface area (TPSA) is 69.7 Å². The van der Waals surface area contributed by atoms with Gasteiger partial charge >= 0.3 is 11.9 Å². The molecule has 1 aliphatic heterocycles. The molecule has 168 valence electrons. The van der Waals surface area contributed by atoms with Crippen molar-refractivity contribution in [2.24, 2.45) is 46.3 Å². The molecule has 9 atom stereocenters. The van der Waals surface area contributed by atoms with Crippen molar-refractivity contribution in [3.05, 3.63) is 11.6 Å². The monoisotopic (exact) mass is 426 g/mol. The van der Waals surface area contributed by atoms with Crippen LogP contribution >= 0.6 is 0 Å². The first kappa shape index (κ1) is 20.0. The number of hydrogen-bond acceptors (Lipinski definition) is 5. The Bertz CT molecular complexity index is 905. The molecule has 6 rings (SSSR count). The first-order valence-corrected chi connectivity index (χ1v) is 12.4. The van der Waals surface area contributed by atoms with Crippen LogP contribution < -0.4 is 0 Å². The second-order valence-corrected chi connectivity index (χ2v) is 11.7. The Kier molecular flexibility index (Phi) is 4.02. The Hall–Kier alpha value is -1.65. The molecule has 5 nitrogen and oxygen atoms in total. The molecule has 6 aliphatic rings. The molecule has 0 N–H and O–H groups in total. The van der Waals surface area contributed by atoms with Crippen LogP contribution in [0.15, 0.2) is 11.6 Å². The first-order valence-electron chi connectivity index (χ1n) is 12.4. The van der Waals surface area contributed by atoms with E-state index in [0.29, 0.717) is 49.5 Å². The third-order valence-corrected chi connectivity index (χ3v) is 10.7. The van der Waals surface area contributed by atoms with Crippen molar-refractivity contribution in [1.82, 2.24) is 0 Å². The van der Waals surface area contributed by atoms with Gasteiger partial charge in [0.1, 0.15) is 5.60 Å². The molecule has 3 unspecified atom stereocenters. The molecule has 5 aliphatic carbocycles. The minimum Gasteiger partial charge on any atom is -0.466 e. The van der Waals surface area contributed by atoms with Crippen LogP contribution in [0, 0.1) is 46.3 Å². The van der Waals surface area contributed by atoms with Crippen molar-refractivity contribution >= 4 is 17.7 Å². The van der Waals surface area contributed by atoms with Crippen molar-refractivity contribution in [3.8, 4) is 0 Å². The molecule has 0 aromatic heterocycles. The molecule has 31 heavy (non-hydrogen) atoms. The molecule has 4 saturated carbocycles. The Morgan fingerprint density at radius 3 is 2.68 bits per heavy atom. The standard InChI is InChI=1S/C26H34O5/c1-4-30-23(29)17-12-14-11-15(27)5-8-24(14,2)18-6-9-25(3)22(21(17)18)16-13-19(16)26(25)10-7-20(28)31-26/h11,16-19,21-22H,4-10,12-13H2,1-3H3/t16-,17-,18?,19+,21?,22?,24+,25+,26-/m1/s1. The molecule has 1 spiro atoms. The lowest BCUT2D eigenvalue weighted by Gasteiger charge is -2.61. The van der Waals surface area contributed by atoms with E-state index in [1.54, 1.807) is 0 Å². The first-order chi connectivity index (χ1) is 14.7. The Morgan fingerprint density at radius 1 is 1.16 bits per heavy atom. The predicted molar refractivity (Wildman–Crippen MR) is 113 cm³/mol. The van der Waals surface area contributed by atoms with Gasteiger partial charge in [0.15, 0.2) is 5.78 Å². The normalized spacial score (nSPS) is 51.9. The molecule has 1 heterocycles. The van der Waals surface area contributed by atoms with Crippen LogP contribution in [-0.4, -0.2) is 29.9 Å². The number of carbonyl (C=O) groups excluding carboxylic acids is 3. The molecule has 0 radical (unpaired) electrons. The van der Waals surface area contributed by atoms with Gasteiger partial charge in [-0.25, -0.2) is 0 Å². The van der Waals surface area contributed by atoms with Crippen LogP contribution in [0.4, 0.5) is 0 Å². The highest BCUT2D eigenvalue weighted by Gasteiger charge is 2.80. The molecular formula is C26H34O5. The highest BCUT2D eigenvalue weighted by atomic mass is 16.6. The third kappa shape index (κ3) is 2.36. The molecule has 0 bridgehead atoms. The van der Waals surface area contributed by atoms with Crippen molar-refractivity contribution < 1.29 is 23.9 Å². The summed E-state index contributed by atoms with van der Waals surface area (Å²) >= 11 is 0. The lowest BCUT2D eigenvalue weighted by atomic mass is 9.43. The van der Waals surface area contributed by atoms with Crippen LogP contribution in [0.3, 0.4) is 0 Å². The van der Waals surface area contributed by atoms with Gasteiger partial charge in [0.25, 0.3) is 0 Å². The molecule has 0 aromatic carbocycles. The van der Waals surface area contributed by atoms with E-state index in [4.69, 9.17) is 9.47 Å². The van der Waals surface area contributed by atoms with Gasteiger partial charge in [-0.2, -0.15) is 0 Å². The van der Waals surface area contributed by atoms with Gasteiger partial charge in [-0.1, -0.05) is 19.4 Å². The van der Waals surface area contributed by atoms with E-state index < -0.39 is 0 Å². The van der Waals surface area contributed by atoms with E-state index in [1.165, 1.54) is 5.57 Å². The van der Waals surface area contributed by atoms with E-state index >= 15 is 0 Å². The molecule has 1 saturated heterocycles. The molecular weight excluding hydrogens is 392 g/mol. The maximum absolute atomic E-state index is 13.3.